The third-order valence-electron chi connectivity index (χ3n) is 2.92. The van der Waals surface area contributed by atoms with E-state index in [4.69, 9.17) is 5.73 Å². The maximum atomic E-state index is 10.4. The Morgan fingerprint density at radius 1 is 1.47 bits per heavy atom. The monoisotopic (exact) mass is 215 g/mol. The molecule has 1 heterocycles. The minimum atomic E-state index is -0.572. The molecule has 5 heteroatoms. The molecule has 0 aromatic rings. The number of nitrogens with zero attached hydrogens (tertiary/aromatic N) is 2. The Balaban J connectivity index is 2.37. The van der Waals surface area contributed by atoms with Gasteiger partial charge in [0.25, 0.3) is 0 Å². The van der Waals surface area contributed by atoms with Crippen LogP contribution in [0.15, 0.2) is 0 Å². The fraction of sp³-hybridized carbons (Fsp3) is 1.00. The number of hydrogen-bond acceptors (Lipinski definition) is 4. The number of likely N-dealkylation sites (tertiary alicyclic amines) is 1. The standard InChI is InChI=1S/C10H21N3O2/c1-9(2)7-12-5-3-10(11,4-6-12)8-13(14)15/h9H,3-8,11H2,1-2H3. The zero-order valence-electron chi connectivity index (χ0n) is 9.61. The van der Waals surface area contributed by atoms with Gasteiger partial charge in [-0.3, -0.25) is 10.1 Å². The molecule has 0 unspecified atom stereocenters. The van der Waals surface area contributed by atoms with Crippen molar-refractivity contribution in [1.29, 1.82) is 0 Å². The van der Waals surface area contributed by atoms with Gasteiger partial charge in [0.05, 0.1) is 5.54 Å². The van der Waals surface area contributed by atoms with E-state index < -0.39 is 5.54 Å². The number of piperidine rings is 1. The van der Waals surface area contributed by atoms with Crippen LogP contribution in [0.3, 0.4) is 0 Å². The lowest BCUT2D eigenvalue weighted by Gasteiger charge is -2.37. The van der Waals surface area contributed by atoms with Crippen molar-refractivity contribution in [2.45, 2.75) is 32.2 Å². The van der Waals surface area contributed by atoms with Crippen LogP contribution < -0.4 is 5.73 Å². The molecular formula is C10H21N3O2. The molecular weight excluding hydrogens is 194 g/mol. The van der Waals surface area contributed by atoms with Gasteiger partial charge in [-0.05, 0) is 18.8 Å². The zero-order chi connectivity index (χ0) is 11.5. The number of rotatable bonds is 4. The number of nitro groups is 1. The van der Waals surface area contributed by atoms with Crippen LogP contribution >= 0.6 is 0 Å². The quantitative estimate of drug-likeness (QED) is 0.554. The highest BCUT2D eigenvalue weighted by atomic mass is 16.6. The lowest BCUT2D eigenvalue weighted by molar-refractivity contribution is -0.490. The predicted molar refractivity (Wildman–Crippen MR) is 59.3 cm³/mol. The van der Waals surface area contributed by atoms with Crippen LogP contribution in [0.4, 0.5) is 0 Å². The normalized spacial score (nSPS) is 21.9. The van der Waals surface area contributed by atoms with Crippen molar-refractivity contribution in [3.8, 4) is 0 Å². The molecule has 5 nitrogen and oxygen atoms in total. The summed E-state index contributed by atoms with van der Waals surface area (Å²) in [5.41, 5.74) is 5.41. The highest BCUT2D eigenvalue weighted by molar-refractivity contribution is 4.89. The summed E-state index contributed by atoms with van der Waals surface area (Å²) in [4.78, 5) is 12.5. The molecule has 0 saturated carbocycles. The SMILES string of the molecule is CC(C)CN1CCC(N)(C[N+](=O)[O-])CC1. The zero-order valence-corrected chi connectivity index (χ0v) is 9.61. The molecule has 1 rings (SSSR count). The summed E-state index contributed by atoms with van der Waals surface area (Å²) in [6, 6.07) is 0. The molecule has 88 valence electrons. The second-order valence-electron chi connectivity index (χ2n) is 5.05. The van der Waals surface area contributed by atoms with E-state index in [-0.39, 0.29) is 11.5 Å². The highest BCUT2D eigenvalue weighted by Gasteiger charge is 2.35. The minimum Gasteiger partial charge on any atom is -0.320 e. The molecule has 1 aliphatic heterocycles. The topological polar surface area (TPSA) is 72.4 Å². The van der Waals surface area contributed by atoms with Crippen molar-refractivity contribution >= 4 is 0 Å². The molecule has 0 radical (unpaired) electrons. The van der Waals surface area contributed by atoms with Gasteiger partial charge in [-0.2, -0.15) is 0 Å². The van der Waals surface area contributed by atoms with Gasteiger partial charge in [0.15, 0.2) is 0 Å². The second kappa shape index (κ2) is 4.90. The van der Waals surface area contributed by atoms with Gasteiger partial charge >= 0.3 is 0 Å². The van der Waals surface area contributed by atoms with E-state index in [0.717, 1.165) is 32.5 Å². The summed E-state index contributed by atoms with van der Waals surface area (Å²) >= 11 is 0. The van der Waals surface area contributed by atoms with Gasteiger partial charge in [-0.15, -0.1) is 0 Å². The average molecular weight is 215 g/mol. The first-order chi connectivity index (χ1) is 6.91. The fourth-order valence-corrected chi connectivity index (χ4v) is 2.11. The summed E-state index contributed by atoms with van der Waals surface area (Å²) in [5.74, 6) is 0.644. The Hall–Kier alpha value is -0.680. The van der Waals surface area contributed by atoms with Crippen molar-refractivity contribution in [2.75, 3.05) is 26.2 Å². The van der Waals surface area contributed by atoms with Gasteiger partial charge in [-0.25, -0.2) is 0 Å². The lowest BCUT2D eigenvalue weighted by Crippen LogP contribution is -2.54. The van der Waals surface area contributed by atoms with E-state index in [9.17, 15) is 10.1 Å². The summed E-state index contributed by atoms with van der Waals surface area (Å²) in [7, 11) is 0. The van der Waals surface area contributed by atoms with Crippen LogP contribution in [0.25, 0.3) is 0 Å². The minimum absolute atomic E-state index is 0.0947. The maximum absolute atomic E-state index is 10.4. The smallest absolute Gasteiger partial charge is 0.221 e. The molecule has 0 aromatic heterocycles. The first kappa shape index (κ1) is 12.4. The third-order valence-corrected chi connectivity index (χ3v) is 2.92. The summed E-state index contributed by atoms with van der Waals surface area (Å²) in [6.07, 6.45) is 1.47. The van der Waals surface area contributed by atoms with Gasteiger partial charge < -0.3 is 10.6 Å². The number of hydrogen-bond donors (Lipinski definition) is 1. The summed E-state index contributed by atoms with van der Waals surface area (Å²) in [5, 5.41) is 10.4. The second-order valence-corrected chi connectivity index (χ2v) is 5.05. The molecule has 15 heavy (non-hydrogen) atoms. The van der Waals surface area contributed by atoms with E-state index in [0.29, 0.717) is 5.92 Å². The van der Waals surface area contributed by atoms with Gasteiger partial charge in [0.1, 0.15) is 0 Å². The molecule has 2 N–H and O–H groups in total. The predicted octanol–water partition coefficient (Wildman–Crippen LogP) is 0.712. The Kier molecular flexibility index (Phi) is 4.04. The Morgan fingerprint density at radius 2 is 2.00 bits per heavy atom. The number of nitrogens with two attached hydrogens (primary N) is 1. The van der Waals surface area contributed by atoms with Crippen LogP contribution in [-0.2, 0) is 0 Å². The first-order valence-corrected chi connectivity index (χ1v) is 5.54. The fourth-order valence-electron chi connectivity index (χ4n) is 2.11. The first-order valence-electron chi connectivity index (χ1n) is 5.54. The molecule has 1 fully saturated rings. The van der Waals surface area contributed by atoms with E-state index in [1.54, 1.807) is 0 Å². The molecule has 0 atom stereocenters. The molecule has 0 bridgehead atoms. The third kappa shape index (κ3) is 4.13. The Labute approximate surface area is 90.8 Å². The Morgan fingerprint density at radius 3 is 2.40 bits per heavy atom. The average Bonchev–Trinajstić information content (AvgIpc) is 2.07. The van der Waals surface area contributed by atoms with Crippen molar-refractivity contribution < 1.29 is 4.92 Å². The summed E-state index contributed by atoms with van der Waals surface area (Å²) in [6.45, 7) is 7.12. The van der Waals surface area contributed by atoms with Crippen molar-refractivity contribution in [1.82, 2.24) is 4.90 Å². The molecule has 0 aromatic carbocycles. The van der Waals surface area contributed by atoms with Crippen molar-refractivity contribution in [2.24, 2.45) is 11.7 Å². The molecule has 1 aliphatic rings. The van der Waals surface area contributed by atoms with E-state index in [1.165, 1.54) is 0 Å². The van der Waals surface area contributed by atoms with Crippen LogP contribution in [-0.4, -0.2) is 41.5 Å². The van der Waals surface area contributed by atoms with E-state index in [2.05, 4.69) is 18.7 Å². The lowest BCUT2D eigenvalue weighted by atomic mass is 9.88. The summed E-state index contributed by atoms with van der Waals surface area (Å²) < 4.78 is 0. The van der Waals surface area contributed by atoms with E-state index in [1.807, 2.05) is 0 Å². The van der Waals surface area contributed by atoms with E-state index >= 15 is 0 Å². The van der Waals surface area contributed by atoms with Gasteiger partial charge in [-0.1, -0.05) is 13.8 Å². The van der Waals surface area contributed by atoms with Crippen molar-refractivity contribution in [3.05, 3.63) is 10.1 Å². The van der Waals surface area contributed by atoms with Crippen LogP contribution in [0.1, 0.15) is 26.7 Å². The largest absolute Gasteiger partial charge is 0.320 e. The molecule has 1 saturated heterocycles. The van der Waals surface area contributed by atoms with Crippen molar-refractivity contribution in [3.63, 3.8) is 0 Å². The van der Waals surface area contributed by atoms with Gasteiger partial charge in [0, 0.05) is 24.6 Å². The molecule has 0 amide bonds. The molecule has 0 spiro atoms. The van der Waals surface area contributed by atoms with Gasteiger partial charge in [0.2, 0.25) is 6.54 Å². The Bertz CT molecular complexity index is 223. The van der Waals surface area contributed by atoms with Crippen LogP contribution in [0.2, 0.25) is 0 Å². The van der Waals surface area contributed by atoms with Crippen LogP contribution in [0, 0.1) is 16.0 Å². The molecule has 0 aliphatic carbocycles. The maximum Gasteiger partial charge on any atom is 0.221 e. The highest BCUT2D eigenvalue weighted by Crippen LogP contribution is 2.20. The van der Waals surface area contributed by atoms with Crippen LogP contribution in [0.5, 0.6) is 0 Å².